The summed E-state index contributed by atoms with van der Waals surface area (Å²) in [6.45, 7) is 1.95. The Kier molecular flexibility index (Phi) is 3.96. The number of carbonyl (C=O) groups is 2. The highest BCUT2D eigenvalue weighted by atomic mass is 19.2. The fourth-order valence-electron chi connectivity index (χ4n) is 2.93. The fraction of sp³-hybridized carbons (Fsp3) is 0.467. The van der Waals surface area contributed by atoms with Gasteiger partial charge in [-0.15, -0.1) is 0 Å². The van der Waals surface area contributed by atoms with Crippen LogP contribution >= 0.6 is 0 Å². The van der Waals surface area contributed by atoms with Crippen molar-refractivity contribution in [2.75, 3.05) is 26.2 Å². The second kappa shape index (κ2) is 5.90. The molecule has 0 saturated carbocycles. The zero-order chi connectivity index (χ0) is 15.7. The number of halogens is 2. The Balaban J connectivity index is 1.62. The van der Waals surface area contributed by atoms with Gasteiger partial charge in [-0.05, 0) is 31.0 Å². The Hall–Kier alpha value is -2.18. The average Bonchev–Trinajstić information content (AvgIpc) is 2.95. The smallest absolute Gasteiger partial charge is 0.410 e. The summed E-state index contributed by atoms with van der Waals surface area (Å²) in [5.74, 6) is -2.32. The van der Waals surface area contributed by atoms with Gasteiger partial charge in [0.1, 0.15) is 6.61 Å². The third-order valence-corrected chi connectivity index (χ3v) is 4.15. The number of hydrogen-bond donors (Lipinski definition) is 0. The zero-order valence-electron chi connectivity index (χ0n) is 11.9. The number of hydrogen-bond acceptors (Lipinski definition) is 3. The molecule has 22 heavy (non-hydrogen) atoms. The van der Waals surface area contributed by atoms with Crippen molar-refractivity contribution in [2.45, 2.75) is 18.9 Å². The zero-order valence-corrected chi connectivity index (χ0v) is 11.9. The van der Waals surface area contributed by atoms with E-state index in [0.29, 0.717) is 39.1 Å². The van der Waals surface area contributed by atoms with Crippen molar-refractivity contribution in [3.63, 3.8) is 0 Å². The van der Waals surface area contributed by atoms with Crippen LogP contribution in [0, 0.1) is 11.6 Å². The van der Waals surface area contributed by atoms with Crippen LogP contribution in [0.2, 0.25) is 0 Å². The second-order valence-electron chi connectivity index (χ2n) is 5.46. The molecular weight excluding hydrogens is 294 g/mol. The molecule has 0 atom stereocenters. The van der Waals surface area contributed by atoms with E-state index in [2.05, 4.69) is 0 Å². The molecule has 0 aliphatic carbocycles. The first-order chi connectivity index (χ1) is 10.6. The molecule has 0 unspecified atom stereocenters. The molecule has 118 valence electrons. The van der Waals surface area contributed by atoms with Gasteiger partial charge in [-0.2, -0.15) is 0 Å². The minimum atomic E-state index is -1.03. The van der Waals surface area contributed by atoms with Crippen molar-refractivity contribution in [3.8, 4) is 0 Å². The molecule has 0 radical (unpaired) electrons. The largest absolute Gasteiger partial charge is 0.448 e. The molecule has 2 aliphatic rings. The van der Waals surface area contributed by atoms with E-state index in [9.17, 15) is 18.4 Å². The summed E-state index contributed by atoms with van der Waals surface area (Å²) in [4.78, 5) is 27.1. The predicted molar refractivity (Wildman–Crippen MR) is 73.3 cm³/mol. The van der Waals surface area contributed by atoms with Crippen molar-refractivity contribution in [2.24, 2.45) is 0 Å². The Morgan fingerprint density at radius 3 is 2.45 bits per heavy atom. The molecule has 2 amide bonds. The first-order valence-corrected chi connectivity index (χ1v) is 7.24. The minimum absolute atomic E-state index is 0.0732. The lowest BCUT2D eigenvalue weighted by molar-refractivity contribution is 0.0658. The number of ether oxygens (including phenoxy) is 1. The van der Waals surface area contributed by atoms with Crippen LogP contribution in [0.4, 0.5) is 13.6 Å². The topological polar surface area (TPSA) is 49.9 Å². The van der Waals surface area contributed by atoms with Crippen LogP contribution in [-0.2, 0) is 4.74 Å². The Bertz CT molecular complexity index is 600. The number of benzene rings is 1. The molecule has 1 aromatic carbocycles. The Labute approximate surface area is 126 Å². The Morgan fingerprint density at radius 2 is 1.86 bits per heavy atom. The standard InChI is InChI=1S/C15H16F2N2O3/c16-12-2-1-10(9-13(12)17)14(20)18-5-3-11(4-6-18)19-7-8-22-15(19)21/h1-2,9,11H,3-8H2. The van der Waals surface area contributed by atoms with Crippen LogP contribution in [-0.4, -0.2) is 54.1 Å². The van der Waals surface area contributed by atoms with Gasteiger partial charge in [-0.3, -0.25) is 4.79 Å². The predicted octanol–water partition coefficient (Wildman–Crippen LogP) is 2.02. The summed E-state index contributed by atoms with van der Waals surface area (Å²) in [6, 6.07) is 3.23. The summed E-state index contributed by atoms with van der Waals surface area (Å²) >= 11 is 0. The van der Waals surface area contributed by atoms with Crippen molar-refractivity contribution >= 4 is 12.0 Å². The molecule has 0 N–H and O–H groups in total. The molecule has 0 bridgehead atoms. The van der Waals surface area contributed by atoms with Crippen LogP contribution < -0.4 is 0 Å². The van der Waals surface area contributed by atoms with E-state index >= 15 is 0 Å². The second-order valence-corrected chi connectivity index (χ2v) is 5.46. The van der Waals surface area contributed by atoms with Crippen molar-refractivity contribution < 1.29 is 23.1 Å². The van der Waals surface area contributed by atoms with Gasteiger partial charge >= 0.3 is 6.09 Å². The van der Waals surface area contributed by atoms with Crippen molar-refractivity contribution in [1.82, 2.24) is 9.80 Å². The lowest BCUT2D eigenvalue weighted by Crippen LogP contribution is -2.47. The van der Waals surface area contributed by atoms with Gasteiger partial charge in [0.25, 0.3) is 5.91 Å². The normalized spacial score (nSPS) is 19.5. The van der Waals surface area contributed by atoms with Crippen LogP contribution in [0.25, 0.3) is 0 Å². The maximum Gasteiger partial charge on any atom is 0.410 e. The molecule has 0 spiro atoms. The summed E-state index contributed by atoms with van der Waals surface area (Å²) in [6.07, 6.45) is 1.01. The first kappa shape index (κ1) is 14.7. The molecule has 5 nitrogen and oxygen atoms in total. The molecular formula is C15H16F2N2O3. The average molecular weight is 310 g/mol. The van der Waals surface area contributed by atoms with E-state index in [-0.39, 0.29) is 23.6 Å². The summed E-state index contributed by atoms with van der Waals surface area (Å²) in [5, 5.41) is 0. The number of rotatable bonds is 2. The van der Waals surface area contributed by atoms with Gasteiger partial charge in [0.15, 0.2) is 11.6 Å². The number of amides is 2. The van der Waals surface area contributed by atoms with Crippen LogP contribution in [0.1, 0.15) is 23.2 Å². The van der Waals surface area contributed by atoms with E-state index in [0.717, 1.165) is 12.1 Å². The number of piperidine rings is 1. The minimum Gasteiger partial charge on any atom is -0.448 e. The molecule has 2 heterocycles. The maximum atomic E-state index is 13.2. The highest BCUT2D eigenvalue weighted by Gasteiger charge is 2.33. The number of carbonyl (C=O) groups excluding carboxylic acids is 2. The number of likely N-dealkylation sites (tertiary alicyclic amines) is 1. The molecule has 0 aromatic heterocycles. The molecule has 1 aromatic rings. The van der Waals surface area contributed by atoms with Gasteiger partial charge in [0, 0.05) is 24.7 Å². The lowest BCUT2D eigenvalue weighted by atomic mass is 10.0. The van der Waals surface area contributed by atoms with Gasteiger partial charge in [-0.25, -0.2) is 13.6 Å². The molecule has 2 saturated heterocycles. The lowest BCUT2D eigenvalue weighted by Gasteiger charge is -2.35. The molecule has 3 rings (SSSR count). The third kappa shape index (κ3) is 2.75. The third-order valence-electron chi connectivity index (χ3n) is 4.15. The van der Waals surface area contributed by atoms with E-state index in [4.69, 9.17) is 4.74 Å². The van der Waals surface area contributed by atoms with E-state index in [1.54, 1.807) is 9.80 Å². The van der Waals surface area contributed by atoms with Gasteiger partial charge < -0.3 is 14.5 Å². The molecule has 2 fully saturated rings. The fourth-order valence-corrected chi connectivity index (χ4v) is 2.93. The Morgan fingerprint density at radius 1 is 1.14 bits per heavy atom. The maximum absolute atomic E-state index is 13.2. The summed E-state index contributed by atoms with van der Waals surface area (Å²) < 4.78 is 31.0. The van der Waals surface area contributed by atoms with Crippen molar-refractivity contribution in [1.29, 1.82) is 0 Å². The van der Waals surface area contributed by atoms with E-state index in [1.807, 2.05) is 0 Å². The monoisotopic (exact) mass is 310 g/mol. The van der Waals surface area contributed by atoms with Gasteiger partial charge in [-0.1, -0.05) is 0 Å². The summed E-state index contributed by atoms with van der Waals surface area (Å²) in [7, 11) is 0. The molecule has 2 aliphatic heterocycles. The highest BCUT2D eigenvalue weighted by Crippen LogP contribution is 2.21. The van der Waals surface area contributed by atoms with Gasteiger partial charge in [0.05, 0.1) is 6.54 Å². The number of nitrogens with zero attached hydrogens (tertiary/aromatic N) is 2. The molecule has 7 heteroatoms. The van der Waals surface area contributed by atoms with Crippen LogP contribution in [0.15, 0.2) is 18.2 Å². The number of cyclic esters (lactones) is 1. The first-order valence-electron chi connectivity index (χ1n) is 7.24. The SMILES string of the molecule is O=C(c1ccc(F)c(F)c1)N1CCC(N2CCOC2=O)CC1. The van der Waals surface area contributed by atoms with E-state index in [1.165, 1.54) is 6.07 Å². The summed E-state index contributed by atoms with van der Waals surface area (Å²) in [5.41, 5.74) is 0.137. The van der Waals surface area contributed by atoms with Crippen molar-refractivity contribution in [3.05, 3.63) is 35.4 Å². The highest BCUT2D eigenvalue weighted by molar-refractivity contribution is 5.94. The van der Waals surface area contributed by atoms with Crippen LogP contribution in [0.3, 0.4) is 0 Å². The quantitative estimate of drug-likeness (QED) is 0.840. The van der Waals surface area contributed by atoms with Gasteiger partial charge in [0.2, 0.25) is 0 Å². The van der Waals surface area contributed by atoms with Crippen LogP contribution in [0.5, 0.6) is 0 Å². The van der Waals surface area contributed by atoms with E-state index < -0.39 is 11.6 Å².